The summed E-state index contributed by atoms with van der Waals surface area (Å²) in [4.78, 5) is 38.7. The predicted molar refractivity (Wildman–Crippen MR) is 113 cm³/mol. The van der Waals surface area contributed by atoms with Crippen molar-refractivity contribution in [1.82, 2.24) is 14.7 Å². The zero-order chi connectivity index (χ0) is 21.5. The van der Waals surface area contributed by atoms with Gasteiger partial charge in [0.2, 0.25) is 17.7 Å². The number of nitrogens with one attached hydrogen (secondary N) is 1. The quantitative estimate of drug-likeness (QED) is 0.771. The van der Waals surface area contributed by atoms with Crippen LogP contribution in [0.25, 0.3) is 0 Å². The first-order valence-corrected chi connectivity index (χ1v) is 10.5. The maximum atomic E-state index is 12.7. The zero-order valence-electron chi connectivity index (χ0n) is 17.8. The van der Waals surface area contributed by atoms with Crippen LogP contribution in [0.4, 0.5) is 5.69 Å². The van der Waals surface area contributed by atoms with E-state index < -0.39 is 5.41 Å². The van der Waals surface area contributed by atoms with E-state index in [1.54, 1.807) is 0 Å². The van der Waals surface area contributed by atoms with Crippen LogP contribution in [0.2, 0.25) is 0 Å². The smallest absolute Gasteiger partial charge is 0.244 e. The number of aryl methyl sites for hydroxylation is 2. The summed E-state index contributed by atoms with van der Waals surface area (Å²) in [5, 5.41) is 7.26. The SMILES string of the molecule is Cc1nn(C)c(C)c1Cc1ccc(NC(=O)CN2C(=O)CC3(CCCC3)C2=O)cc1. The molecule has 1 aliphatic heterocycles. The molecule has 158 valence electrons. The number of rotatable bonds is 5. The molecule has 1 aromatic carbocycles. The van der Waals surface area contributed by atoms with Crippen LogP contribution in [0, 0.1) is 19.3 Å². The zero-order valence-corrected chi connectivity index (χ0v) is 17.8. The Kier molecular flexibility index (Phi) is 5.22. The third-order valence-corrected chi connectivity index (χ3v) is 6.63. The second-order valence-corrected chi connectivity index (χ2v) is 8.64. The van der Waals surface area contributed by atoms with Gasteiger partial charge in [-0.2, -0.15) is 5.10 Å². The number of carbonyl (C=O) groups is 3. The molecule has 2 aliphatic rings. The van der Waals surface area contributed by atoms with E-state index in [9.17, 15) is 14.4 Å². The predicted octanol–water partition coefficient (Wildman–Crippen LogP) is 2.89. The number of nitrogens with zero attached hydrogens (tertiary/aromatic N) is 3. The van der Waals surface area contributed by atoms with Crippen LogP contribution in [0.5, 0.6) is 0 Å². The summed E-state index contributed by atoms with van der Waals surface area (Å²) in [5.74, 6) is -0.745. The van der Waals surface area contributed by atoms with Gasteiger partial charge in [-0.25, -0.2) is 0 Å². The van der Waals surface area contributed by atoms with Crippen molar-refractivity contribution in [1.29, 1.82) is 0 Å². The standard InChI is InChI=1S/C23H28N4O3/c1-15-19(16(2)26(3)25-15)12-17-6-8-18(9-7-17)24-20(28)14-27-21(29)13-23(22(27)30)10-4-5-11-23/h6-9H,4-5,10-14H2,1-3H3,(H,24,28). The lowest BCUT2D eigenvalue weighted by atomic mass is 9.84. The van der Waals surface area contributed by atoms with Gasteiger partial charge in [0.1, 0.15) is 6.54 Å². The summed E-state index contributed by atoms with van der Waals surface area (Å²) >= 11 is 0. The summed E-state index contributed by atoms with van der Waals surface area (Å²) < 4.78 is 1.88. The molecule has 2 heterocycles. The molecular formula is C23H28N4O3. The molecular weight excluding hydrogens is 380 g/mol. The Morgan fingerprint density at radius 1 is 1.13 bits per heavy atom. The molecule has 0 unspecified atom stereocenters. The van der Waals surface area contributed by atoms with Crippen LogP contribution in [-0.2, 0) is 27.9 Å². The highest BCUT2D eigenvalue weighted by atomic mass is 16.2. The third kappa shape index (κ3) is 3.64. The lowest BCUT2D eigenvalue weighted by molar-refractivity contribution is -0.143. The van der Waals surface area contributed by atoms with Crippen molar-refractivity contribution in [2.45, 2.75) is 52.4 Å². The van der Waals surface area contributed by atoms with Gasteiger partial charge in [-0.05, 0) is 44.4 Å². The molecule has 4 rings (SSSR count). The molecule has 7 heteroatoms. The Morgan fingerprint density at radius 2 is 1.80 bits per heavy atom. The highest BCUT2D eigenvalue weighted by Gasteiger charge is 2.52. The van der Waals surface area contributed by atoms with Crippen LogP contribution >= 0.6 is 0 Å². The fourth-order valence-corrected chi connectivity index (χ4v) is 4.79. The van der Waals surface area contributed by atoms with Crippen molar-refractivity contribution >= 4 is 23.4 Å². The second kappa shape index (κ2) is 7.70. The largest absolute Gasteiger partial charge is 0.325 e. The first kappa shape index (κ1) is 20.3. The van der Waals surface area contributed by atoms with E-state index >= 15 is 0 Å². The number of anilines is 1. The Balaban J connectivity index is 1.37. The molecule has 7 nitrogen and oxygen atoms in total. The molecule has 3 amide bonds. The van der Waals surface area contributed by atoms with E-state index in [2.05, 4.69) is 17.3 Å². The number of aromatic nitrogens is 2. The normalized spacial score (nSPS) is 17.9. The van der Waals surface area contributed by atoms with Gasteiger partial charge in [-0.15, -0.1) is 0 Å². The number of likely N-dealkylation sites (tertiary alicyclic amines) is 1. The average Bonchev–Trinajstić information content (AvgIpc) is 3.34. The Bertz CT molecular complexity index is 1000. The topological polar surface area (TPSA) is 84.3 Å². The molecule has 0 atom stereocenters. The number of hydrogen-bond acceptors (Lipinski definition) is 4. The molecule has 1 saturated heterocycles. The van der Waals surface area contributed by atoms with Crippen molar-refractivity contribution in [2.75, 3.05) is 11.9 Å². The van der Waals surface area contributed by atoms with E-state index in [1.165, 1.54) is 5.56 Å². The average molecular weight is 409 g/mol. The highest BCUT2D eigenvalue weighted by molar-refractivity contribution is 6.09. The van der Waals surface area contributed by atoms with Crippen LogP contribution in [0.3, 0.4) is 0 Å². The Hall–Kier alpha value is -2.96. The van der Waals surface area contributed by atoms with Crippen molar-refractivity contribution in [3.8, 4) is 0 Å². The van der Waals surface area contributed by atoms with Gasteiger partial charge in [0.25, 0.3) is 0 Å². The van der Waals surface area contributed by atoms with Crippen molar-refractivity contribution in [2.24, 2.45) is 12.5 Å². The van der Waals surface area contributed by atoms with Crippen LogP contribution in [0.15, 0.2) is 24.3 Å². The van der Waals surface area contributed by atoms with Gasteiger partial charge in [-0.3, -0.25) is 24.0 Å². The molecule has 1 aromatic heterocycles. The second-order valence-electron chi connectivity index (χ2n) is 8.64. The van der Waals surface area contributed by atoms with E-state index in [1.807, 2.05) is 42.9 Å². The van der Waals surface area contributed by atoms with Crippen molar-refractivity contribution in [3.05, 3.63) is 46.8 Å². The number of benzene rings is 1. The first-order valence-electron chi connectivity index (χ1n) is 10.5. The van der Waals surface area contributed by atoms with Crippen LogP contribution in [0.1, 0.15) is 54.6 Å². The minimum absolute atomic E-state index is 0.169. The van der Waals surface area contributed by atoms with E-state index in [0.717, 1.165) is 54.0 Å². The van der Waals surface area contributed by atoms with Gasteiger partial charge in [-0.1, -0.05) is 25.0 Å². The molecule has 2 aromatic rings. The fourth-order valence-electron chi connectivity index (χ4n) is 4.79. The van der Waals surface area contributed by atoms with Gasteiger partial charge >= 0.3 is 0 Å². The third-order valence-electron chi connectivity index (χ3n) is 6.63. The van der Waals surface area contributed by atoms with Gasteiger partial charge in [0.05, 0.1) is 11.1 Å². The van der Waals surface area contributed by atoms with E-state index in [4.69, 9.17) is 0 Å². The molecule has 1 N–H and O–H groups in total. The Morgan fingerprint density at radius 3 is 2.40 bits per heavy atom. The minimum Gasteiger partial charge on any atom is -0.325 e. The molecule has 30 heavy (non-hydrogen) atoms. The van der Waals surface area contributed by atoms with Gasteiger partial charge < -0.3 is 5.32 Å². The lowest BCUT2D eigenvalue weighted by Gasteiger charge is -2.20. The minimum atomic E-state index is -0.540. The summed E-state index contributed by atoms with van der Waals surface area (Å²) in [6.07, 6.45) is 4.49. The van der Waals surface area contributed by atoms with Crippen LogP contribution in [-0.4, -0.2) is 38.9 Å². The van der Waals surface area contributed by atoms with E-state index in [0.29, 0.717) is 5.69 Å². The summed E-state index contributed by atoms with van der Waals surface area (Å²) in [5.41, 5.74) is 4.61. The monoisotopic (exact) mass is 408 g/mol. The molecule has 0 radical (unpaired) electrons. The van der Waals surface area contributed by atoms with Crippen molar-refractivity contribution in [3.63, 3.8) is 0 Å². The first-order chi connectivity index (χ1) is 14.3. The lowest BCUT2D eigenvalue weighted by Crippen LogP contribution is -2.39. The maximum absolute atomic E-state index is 12.7. The fraction of sp³-hybridized carbons (Fsp3) is 0.478. The van der Waals surface area contributed by atoms with Crippen molar-refractivity contribution < 1.29 is 14.4 Å². The molecule has 1 aliphatic carbocycles. The van der Waals surface area contributed by atoms with Gasteiger partial charge in [0.15, 0.2) is 0 Å². The van der Waals surface area contributed by atoms with E-state index in [-0.39, 0.29) is 30.7 Å². The maximum Gasteiger partial charge on any atom is 0.244 e. The highest BCUT2D eigenvalue weighted by Crippen LogP contribution is 2.46. The van der Waals surface area contributed by atoms with Gasteiger partial charge in [0, 0.05) is 36.8 Å². The van der Waals surface area contributed by atoms with Crippen LogP contribution < -0.4 is 5.32 Å². The Labute approximate surface area is 176 Å². The molecule has 2 fully saturated rings. The number of imide groups is 1. The molecule has 1 spiro atoms. The number of amides is 3. The number of hydrogen-bond donors (Lipinski definition) is 1. The molecule has 1 saturated carbocycles. The molecule has 0 bridgehead atoms. The summed E-state index contributed by atoms with van der Waals surface area (Å²) in [6, 6.07) is 7.64. The summed E-state index contributed by atoms with van der Waals surface area (Å²) in [7, 11) is 1.94. The summed E-state index contributed by atoms with van der Waals surface area (Å²) in [6.45, 7) is 3.85. The number of carbonyl (C=O) groups excluding carboxylic acids is 3.